The molecule has 0 aliphatic rings. The van der Waals surface area contributed by atoms with Gasteiger partial charge in [0.05, 0.1) is 5.56 Å². The van der Waals surface area contributed by atoms with Crippen LogP contribution in [0.25, 0.3) is 0 Å². The number of aliphatic carboxylic acids is 1. The monoisotopic (exact) mass is 252 g/mol. The smallest absolute Gasteiger partial charge is 0.320 e. The average Bonchev–Trinajstić information content (AvgIpc) is 2.71. The van der Waals surface area contributed by atoms with E-state index in [4.69, 9.17) is 10.4 Å². The number of carbonyl (C=O) groups is 1. The second-order valence-electron chi connectivity index (χ2n) is 4.31. The van der Waals surface area contributed by atoms with Crippen molar-refractivity contribution in [2.75, 3.05) is 0 Å². The molecule has 0 saturated heterocycles. The first kappa shape index (κ1) is 13.7. The summed E-state index contributed by atoms with van der Waals surface area (Å²) in [6.45, 7) is 4.49. The lowest BCUT2D eigenvalue weighted by atomic mass is 10.0. The number of nitrogens with one attached hydrogen (secondary N) is 1. The normalized spacial score (nSPS) is 12.4. The van der Waals surface area contributed by atoms with E-state index in [2.05, 4.69) is 11.4 Å². The van der Waals surface area contributed by atoms with Crippen molar-refractivity contribution in [3.05, 3.63) is 21.9 Å². The highest BCUT2D eigenvalue weighted by Gasteiger charge is 2.18. The molecule has 0 aliphatic carbocycles. The Morgan fingerprint density at radius 1 is 1.65 bits per heavy atom. The number of thiophene rings is 1. The minimum atomic E-state index is -0.823. The van der Waals surface area contributed by atoms with Gasteiger partial charge in [0.1, 0.15) is 12.1 Å². The van der Waals surface area contributed by atoms with Crippen molar-refractivity contribution in [1.82, 2.24) is 5.32 Å². The van der Waals surface area contributed by atoms with E-state index in [1.807, 2.05) is 13.8 Å². The number of carboxylic acids is 1. The zero-order valence-corrected chi connectivity index (χ0v) is 10.8. The highest BCUT2D eigenvalue weighted by atomic mass is 32.1. The van der Waals surface area contributed by atoms with E-state index < -0.39 is 12.0 Å². The van der Waals surface area contributed by atoms with E-state index in [0.29, 0.717) is 24.4 Å². The Morgan fingerprint density at radius 3 is 2.82 bits per heavy atom. The van der Waals surface area contributed by atoms with Crippen LogP contribution in [0.4, 0.5) is 0 Å². The first-order valence-electron chi connectivity index (χ1n) is 5.46. The molecule has 1 rings (SSSR count). The third-order valence-corrected chi connectivity index (χ3v) is 3.25. The van der Waals surface area contributed by atoms with E-state index in [9.17, 15) is 4.79 Å². The van der Waals surface area contributed by atoms with Gasteiger partial charge in [-0.05, 0) is 18.4 Å². The molecule has 1 aromatic heterocycles. The van der Waals surface area contributed by atoms with Crippen molar-refractivity contribution in [3.63, 3.8) is 0 Å². The lowest BCUT2D eigenvalue weighted by molar-refractivity contribution is -0.139. The highest BCUT2D eigenvalue weighted by molar-refractivity contribution is 7.10. The number of rotatable bonds is 6. The first-order chi connectivity index (χ1) is 8.02. The second-order valence-corrected chi connectivity index (χ2v) is 5.31. The van der Waals surface area contributed by atoms with E-state index in [1.54, 1.807) is 11.4 Å². The summed E-state index contributed by atoms with van der Waals surface area (Å²) >= 11 is 1.47. The van der Waals surface area contributed by atoms with Crippen molar-refractivity contribution >= 4 is 17.3 Å². The van der Waals surface area contributed by atoms with Crippen molar-refractivity contribution < 1.29 is 9.90 Å². The van der Waals surface area contributed by atoms with Crippen molar-refractivity contribution in [3.8, 4) is 6.07 Å². The summed E-state index contributed by atoms with van der Waals surface area (Å²) < 4.78 is 0. The van der Waals surface area contributed by atoms with Gasteiger partial charge in [-0.15, -0.1) is 11.3 Å². The summed E-state index contributed by atoms with van der Waals surface area (Å²) in [5.74, 6) is -0.489. The molecule has 0 saturated carbocycles. The molecule has 0 bridgehead atoms. The van der Waals surface area contributed by atoms with Crippen molar-refractivity contribution in [2.24, 2.45) is 5.92 Å². The van der Waals surface area contributed by atoms with Gasteiger partial charge in [0, 0.05) is 16.8 Å². The minimum Gasteiger partial charge on any atom is -0.480 e. The fraction of sp³-hybridized carbons (Fsp3) is 0.500. The molecule has 1 aromatic rings. The van der Waals surface area contributed by atoms with Crippen molar-refractivity contribution in [1.29, 1.82) is 5.26 Å². The summed E-state index contributed by atoms with van der Waals surface area (Å²) in [7, 11) is 0. The Kier molecular flexibility index (Phi) is 5.13. The molecular weight excluding hydrogens is 236 g/mol. The van der Waals surface area contributed by atoms with Crippen LogP contribution in [-0.4, -0.2) is 17.1 Å². The van der Waals surface area contributed by atoms with E-state index in [1.165, 1.54) is 11.3 Å². The van der Waals surface area contributed by atoms with E-state index in [0.717, 1.165) is 4.88 Å². The van der Waals surface area contributed by atoms with Gasteiger partial charge in [0.15, 0.2) is 0 Å². The molecule has 92 valence electrons. The maximum absolute atomic E-state index is 11.0. The van der Waals surface area contributed by atoms with Gasteiger partial charge in [-0.25, -0.2) is 0 Å². The zero-order valence-electron chi connectivity index (χ0n) is 9.93. The number of nitriles is 1. The fourth-order valence-electron chi connectivity index (χ4n) is 1.50. The van der Waals surface area contributed by atoms with Gasteiger partial charge in [0.2, 0.25) is 0 Å². The van der Waals surface area contributed by atoms with Gasteiger partial charge < -0.3 is 5.11 Å². The Labute approximate surface area is 105 Å². The third kappa shape index (κ3) is 4.55. The van der Waals surface area contributed by atoms with Gasteiger partial charge in [0.25, 0.3) is 0 Å². The lowest BCUT2D eigenvalue weighted by Crippen LogP contribution is -2.37. The summed E-state index contributed by atoms with van der Waals surface area (Å²) in [4.78, 5) is 12.0. The molecular formula is C12H16N2O2S. The predicted molar refractivity (Wildman–Crippen MR) is 66.8 cm³/mol. The highest BCUT2D eigenvalue weighted by Crippen LogP contribution is 2.14. The molecule has 1 heterocycles. The molecule has 0 aliphatic heterocycles. The number of hydrogen-bond acceptors (Lipinski definition) is 4. The minimum absolute atomic E-state index is 0.335. The largest absolute Gasteiger partial charge is 0.480 e. The summed E-state index contributed by atoms with van der Waals surface area (Å²) in [5.41, 5.74) is 0.627. The molecule has 17 heavy (non-hydrogen) atoms. The summed E-state index contributed by atoms with van der Waals surface area (Å²) in [5, 5.41) is 22.5. The molecule has 0 fully saturated rings. The van der Waals surface area contributed by atoms with Crippen LogP contribution in [0.5, 0.6) is 0 Å². The van der Waals surface area contributed by atoms with Crippen LogP contribution in [0.2, 0.25) is 0 Å². The quantitative estimate of drug-likeness (QED) is 0.814. The van der Waals surface area contributed by atoms with Crippen LogP contribution < -0.4 is 5.32 Å². The summed E-state index contributed by atoms with van der Waals surface area (Å²) in [6, 6.07) is 3.31. The summed E-state index contributed by atoms with van der Waals surface area (Å²) in [6.07, 6.45) is 0.603. The predicted octanol–water partition coefficient (Wildman–Crippen LogP) is 2.21. The van der Waals surface area contributed by atoms with Crippen LogP contribution in [0.15, 0.2) is 11.4 Å². The van der Waals surface area contributed by atoms with Gasteiger partial charge in [-0.2, -0.15) is 5.26 Å². The molecule has 1 atom stereocenters. The first-order valence-corrected chi connectivity index (χ1v) is 6.34. The standard InChI is InChI=1S/C12H16N2O2S/c1-8(2)3-11(12(15)16)14-6-10-4-9(5-13)7-17-10/h4,7-8,11,14H,3,6H2,1-2H3,(H,15,16). The van der Waals surface area contributed by atoms with Gasteiger partial charge in [-0.1, -0.05) is 13.8 Å². The molecule has 5 heteroatoms. The lowest BCUT2D eigenvalue weighted by Gasteiger charge is -2.15. The zero-order chi connectivity index (χ0) is 12.8. The molecule has 2 N–H and O–H groups in total. The maximum atomic E-state index is 11.0. The van der Waals surface area contributed by atoms with Crippen LogP contribution in [-0.2, 0) is 11.3 Å². The van der Waals surface area contributed by atoms with E-state index >= 15 is 0 Å². The molecule has 0 amide bonds. The Bertz CT molecular complexity index is 420. The molecule has 0 aromatic carbocycles. The average molecular weight is 252 g/mol. The third-order valence-electron chi connectivity index (χ3n) is 2.31. The second kappa shape index (κ2) is 6.38. The molecule has 0 spiro atoms. The topological polar surface area (TPSA) is 73.1 Å². The van der Waals surface area contributed by atoms with Crippen LogP contribution >= 0.6 is 11.3 Å². The fourth-order valence-corrected chi connectivity index (χ4v) is 2.26. The Hall–Kier alpha value is -1.38. The van der Waals surface area contributed by atoms with Crippen LogP contribution in [0, 0.1) is 17.2 Å². The maximum Gasteiger partial charge on any atom is 0.320 e. The number of carboxylic acid groups (broad SMARTS) is 1. The SMILES string of the molecule is CC(C)CC(NCc1cc(C#N)cs1)C(=O)O. The van der Waals surface area contributed by atoms with Crippen LogP contribution in [0.3, 0.4) is 0 Å². The molecule has 4 nitrogen and oxygen atoms in total. The van der Waals surface area contributed by atoms with Gasteiger partial charge in [-0.3, -0.25) is 10.1 Å². The van der Waals surface area contributed by atoms with Crippen molar-refractivity contribution in [2.45, 2.75) is 32.9 Å². The van der Waals surface area contributed by atoms with Gasteiger partial charge >= 0.3 is 5.97 Å². The van der Waals surface area contributed by atoms with Crippen LogP contribution in [0.1, 0.15) is 30.7 Å². The number of nitrogens with zero attached hydrogens (tertiary/aromatic N) is 1. The Morgan fingerprint density at radius 2 is 2.35 bits per heavy atom. The number of hydrogen-bond donors (Lipinski definition) is 2. The van der Waals surface area contributed by atoms with E-state index in [-0.39, 0.29) is 0 Å². The molecule has 1 unspecified atom stereocenters. The Balaban J connectivity index is 2.52. The molecule has 0 radical (unpaired) electrons.